The minimum absolute atomic E-state index is 0.130. The van der Waals surface area contributed by atoms with E-state index in [1.807, 2.05) is 29.5 Å². The topological polar surface area (TPSA) is 82.9 Å². The summed E-state index contributed by atoms with van der Waals surface area (Å²) in [6, 6.07) is 9.82. The number of halogens is 1. The van der Waals surface area contributed by atoms with Crippen molar-refractivity contribution in [2.45, 2.75) is 57.5 Å². The molecule has 0 radical (unpaired) electrons. The lowest BCUT2D eigenvalue weighted by Crippen LogP contribution is -2.41. The summed E-state index contributed by atoms with van der Waals surface area (Å²) in [6.07, 6.45) is 7.09. The maximum absolute atomic E-state index is 11.8. The number of aliphatic carboxylic acids is 1. The molecule has 36 heavy (non-hydrogen) atoms. The van der Waals surface area contributed by atoms with E-state index in [2.05, 4.69) is 27.4 Å². The number of pyridine rings is 1. The first-order chi connectivity index (χ1) is 17.4. The van der Waals surface area contributed by atoms with Gasteiger partial charge in [0.15, 0.2) is 0 Å². The summed E-state index contributed by atoms with van der Waals surface area (Å²) in [5.41, 5.74) is 1.06. The van der Waals surface area contributed by atoms with Gasteiger partial charge in [0, 0.05) is 22.0 Å². The first-order valence-electron chi connectivity index (χ1n) is 12.7. The van der Waals surface area contributed by atoms with Crippen LogP contribution in [0.1, 0.15) is 61.5 Å². The summed E-state index contributed by atoms with van der Waals surface area (Å²) in [7, 11) is 1.60. The van der Waals surface area contributed by atoms with Crippen molar-refractivity contribution >= 4 is 39.8 Å². The molecule has 0 saturated carbocycles. The number of rotatable bonds is 12. The Hall–Kier alpha value is -2.19. The van der Waals surface area contributed by atoms with Crippen LogP contribution in [0.3, 0.4) is 0 Å². The van der Waals surface area contributed by atoms with E-state index in [0.717, 1.165) is 56.2 Å². The molecule has 4 rings (SSSR count). The van der Waals surface area contributed by atoms with E-state index in [-0.39, 0.29) is 11.8 Å². The van der Waals surface area contributed by atoms with Crippen molar-refractivity contribution in [3.63, 3.8) is 0 Å². The minimum Gasteiger partial charge on any atom is -0.497 e. The van der Waals surface area contributed by atoms with Crippen molar-refractivity contribution in [1.82, 2.24) is 9.88 Å². The molecule has 2 N–H and O–H groups in total. The van der Waals surface area contributed by atoms with Crippen LogP contribution < -0.4 is 4.74 Å². The smallest absolute Gasteiger partial charge is 0.303 e. The quantitative estimate of drug-likeness (QED) is 0.265. The van der Waals surface area contributed by atoms with Crippen LogP contribution in [0.2, 0.25) is 5.02 Å². The molecule has 0 amide bonds. The van der Waals surface area contributed by atoms with E-state index in [0.29, 0.717) is 29.2 Å². The summed E-state index contributed by atoms with van der Waals surface area (Å²) in [5, 5.41) is 24.2. The number of hydrogen-bond donors (Lipinski definition) is 2. The highest BCUT2D eigenvalue weighted by Gasteiger charge is 2.37. The second kappa shape index (κ2) is 12.4. The Balaban J connectivity index is 1.37. The van der Waals surface area contributed by atoms with Crippen LogP contribution in [-0.2, 0) is 11.2 Å². The number of methoxy groups -OCH3 is 1. The van der Waals surface area contributed by atoms with Crippen LogP contribution in [-0.4, -0.2) is 52.8 Å². The van der Waals surface area contributed by atoms with Gasteiger partial charge >= 0.3 is 5.97 Å². The Morgan fingerprint density at radius 1 is 1.28 bits per heavy atom. The van der Waals surface area contributed by atoms with Gasteiger partial charge in [0.2, 0.25) is 0 Å². The van der Waals surface area contributed by atoms with E-state index >= 15 is 0 Å². The van der Waals surface area contributed by atoms with E-state index in [1.165, 1.54) is 11.3 Å². The van der Waals surface area contributed by atoms with Gasteiger partial charge in [-0.3, -0.25) is 9.78 Å². The number of aryl methyl sites for hydroxylation is 1. The van der Waals surface area contributed by atoms with Gasteiger partial charge in [0.25, 0.3) is 0 Å². The normalized spacial score (nSPS) is 16.8. The lowest BCUT2D eigenvalue weighted by molar-refractivity contribution is -0.141. The number of ether oxygens (including phenoxy) is 1. The summed E-state index contributed by atoms with van der Waals surface area (Å²) in [4.78, 5) is 20.0. The molecule has 1 fully saturated rings. The Labute approximate surface area is 221 Å². The number of carboxylic acids is 1. The fraction of sp³-hybridized carbons (Fsp3) is 0.500. The number of thiophene rings is 1. The number of unbranched alkanes of at least 4 members (excludes halogenated alkanes) is 1. The van der Waals surface area contributed by atoms with Gasteiger partial charge < -0.3 is 19.8 Å². The predicted octanol–water partition coefficient (Wildman–Crippen LogP) is 6.35. The maximum atomic E-state index is 11.8. The standard InChI is InChI=1S/C28H35ClN2O4S/c1-35-20-7-8-24-22(17-20)27(23(29)19-30-24)25(32)9-10-28(18-26(33)34)11-14-31(15-12-28)13-3-2-5-21-6-4-16-36-21/h4,6-8,16-17,19,25,32H,2-3,5,9-15,18H2,1H3,(H,33,34)/t25-/m0/s1. The molecule has 0 bridgehead atoms. The number of fused-ring (bicyclic) bond motifs is 1. The molecule has 3 aromatic rings. The highest BCUT2D eigenvalue weighted by atomic mass is 35.5. The summed E-state index contributed by atoms with van der Waals surface area (Å²) < 4.78 is 5.35. The average molecular weight is 531 g/mol. The van der Waals surface area contributed by atoms with Crippen LogP contribution in [0.5, 0.6) is 5.75 Å². The van der Waals surface area contributed by atoms with Crippen molar-refractivity contribution in [1.29, 1.82) is 0 Å². The van der Waals surface area contributed by atoms with E-state index in [1.54, 1.807) is 13.3 Å². The van der Waals surface area contributed by atoms with Crippen LogP contribution >= 0.6 is 22.9 Å². The molecule has 6 nitrogen and oxygen atoms in total. The van der Waals surface area contributed by atoms with Crippen molar-refractivity contribution < 1.29 is 19.7 Å². The Morgan fingerprint density at radius 3 is 2.78 bits per heavy atom. The minimum atomic E-state index is -0.809. The van der Waals surface area contributed by atoms with Gasteiger partial charge in [-0.1, -0.05) is 17.7 Å². The van der Waals surface area contributed by atoms with Crippen molar-refractivity contribution in [3.05, 3.63) is 57.4 Å². The number of carboxylic acid groups (broad SMARTS) is 1. The second-order valence-corrected chi connectivity index (χ2v) is 11.3. The van der Waals surface area contributed by atoms with Crippen LogP contribution in [0.4, 0.5) is 0 Å². The molecule has 0 spiro atoms. The number of carbonyl (C=O) groups is 1. The van der Waals surface area contributed by atoms with Crippen LogP contribution in [0.15, 0.2) is 41.9 Å². The van der Waals surface area contributed by atoms with E-state index in [4.69, 9.17) is 16.3 Å². The van der Waals surface area contributed by atoms with Crippen molar-refractivity contribution in [3.8, 4) is 5.75 Å². The lowest BCUT2D eigenvalue weighted by Gasteiger charge is -2.41. The second-order valence-electron chi connectivity index (χ2n) is 9.91. The zero-order valence-corrected chi connectivity index (χ0v) is 22.4. The molecular weight excluding hydrogens is 496 g/mol. The maximum Gasteiger partial charge on any atom is 0.303 e. The molecule has 1 aliphatic rings. The van der Waals surface area contributed by atoms with Crippen LogP contribution in [0, 0.1) is 5.41 Å². The number of aromatic nitrogens is 1. The number of piperidine rings is 1. The highest BCUT2D eigenvalue weighted by molar-refractivity contribution is 7.09. The zero-order chi connectivity index (χ0) is 25.5. The molecule has 2 aromatic heterocycles. The SMILES string of the molecule is COc1ccc2ncc(Cl)c([C@@H](O)CCC3(CC(=O)O)CCN(CCCCc4cccs4)CC3)c2c1. The molecule has 1 saturated heterocycles. The third-order valence-corrected chi connectivity index (χ3v) is 8.76. The number of likely N-dealkylation sites (tertiary alicyclic amines) is 1. The van der Waals surface area contributed by atoms with Gasteiger partial charge in [-0.25, -0.2) is 0 Å². The van der Waals surface area contributed by atoms with E-state index < -0.39 is 12.1 Å². The summed E-state index contributed by atoms with van der Waals surface area (Å²) >= 11 is 8.30. The third kappa shape index (κ3) is 6.76. The van der Waals surface area contributed by atoms with Gasteiger partial charge in [-0.2, -0.15) is 0 Å². The van der Waals surface area contributed by atoms with Crippen molar-refractivity contribution in [2.24, 2.45) is 5.41 Å². The average Bonchev–Trinajstić information content (AvgIpc) is 3.39. The fourth-order valence-corrected chi connectivity index (χ4v) is 6.42. The first kappa shape index (κ1) is 26.9. The lowest BCUT2D eigenvalue weighted by atomic mass is 9.71. The molecule has 3 heterocycles. The molecule has 1 atom stereocenters. The number of benzene rings is 1. The molecule has 0 unspecified atom stereocenters. The summed E-state index contributed by atoms with van der Waals surface area (Å²) in [5.74, 6) is -0.101. The molecule has 1 aromatic carbocycles. The molecule has 194 valence electrons. The Bertz CT molecular complexity index is 1150. The monoisotopic (exact) mass is 530 g/mol. The Kier molecular flexibility index (Phi) is 9.23. The predicted molar refractivity (Wildman–Crippen MR) is 145 cm³/mol. The zero-order valence-electron chi connectivity index (χ0n) is 20.8. The number of aliphatic hydroxyl groups excluding tert-OH is 1. The summed E-state index contributed by atoms with van der Waals surface area (Å²) in [6.45, 7) is 2.86. The fourth-order valence-electron chi connectivity index (χ4n) is 5.40. The Morgan fingerprint density at radius 2 is 2.08 bits per heavy atom. The van der Waals surface area contributed by atoms with Crippen LogP contribution in [0.25, 0.3) is 10.9 Å². The largest absolute Gasteiger partial charge is 0.497 e. The molecule has 1 aliphatic heterocycles. The van der Waals surface area contributed by atoms with Gasteiger partial charge in [0.05, 0.1) is 30.2 Å². The van der Waals surface area contributed by atoms with E-state index in [9.17, 15) is 15.0 Å². The van der Waals surface area contributed by atoms with Gasteiger partial charge in [-0.15, -0.1) is 11.3 Å². The molecular formula is C28H35ClN2O4S. The van der Waals surface area contributed by atoms with Gasteiger partial charge in [-0.05, 0) is 99.6 Å². The van der Waals surface area contributed by atoms with Gasteiger partial charge in [0.1, 0.15) is 5.75 Å². The first-order valence-corrected chi connectivity index (χ1v) is 13.9. The number of nitrogens with zero attached hydrogens (tertiary/aromatic N) is 2. The third-order valence-electron chi connectivity index (χ3n) is 7.52. The molecule has 0 aliphatic carbocycles. The highest BCUT2D eigenvalue weighted by Crippen LogP contribution is 2.43. The number of hydrogen-bond acceptors (Lipinski definition) is 6. The number of aliphatic hydroxyl groups is 1. The van der Waals surface area contributed by atoms with Crippen molar-refractivity contribution in [2.75, 3.05) is 26.7 Å². The molecule has 8 heteroatoms.